The number of carboxylic acid groups (broad SMARTS) is 3. The first-order chi connectivity index (χ1) is 10.6. The third-order valence-electron chi connectivity index (χ3n) is 2.70. The largest absolute Gasteiger partial charge is 0.481 e. The van der Waals surface area contributed by atoms with E-state index in [0.29, 0.717) is 0 Å². The van der Waals surface area contributed by atoms with E-state index in [2.05, 4.69) is 5.32 Å². The number of aliphatic carboxylic acids is 3. The molecule has 0 saturated carbocycles. The second kappa shape index (κ2) is 10.1. The lowest BCUT2D eigenvalue weighted by Crippen LogP contribution is -2.52. The number of nitrogens with two attached hydrogens (primary N) is 1. The highest BCUT2D eigenvalue weighted by molar-refractivity contribution is 5.91. The highest BCUT2D eigenvalue weighted by atomic mass is 16.4. The van der Waals surface area contributed by atoms with E-state index < -0.39 is 54.8 Å². The summed E-state index contributed by atoms with van der Waals surface area (Å²) in [7, 11) is 0. The number of nitrogens with one attached hydrogen (secondary N) is 2. The second-order valence-electron chi connectivity index (χ2n) is 4.64. The molecule has 0 aliphatic carbocycles. The molecular formula is C12H19N3O8. The van der Waals surface area contributed by atoms with E-state index in [1.54, 1.807) is 0 Å². The van der Waals surface area contributed by atoms with E-state index in [0.717, 1.165) is 0 Å². The standard InChI is InChI=1S/C12H19N3O8/c13-6(1-3-8(16)17)11(22)15-7(2-4-9(18)19)12(23)14-5-10(20)21/h6-7H,1-5,13H2,(H,14,23)(H,15,22)(H,16,17)(H,18,19)(H,20,21). The molecule has 0 aliphatic rings. The van der Waals surface area contributed by atoms with Crippen LogP contribution in [0.15, 0.2) is 0 Å². The molecule has 0 bridgehead atoms. The number of hydrogen-bond donors (Lipinski definition) is 6. The van der Waals surface area contributed by atoms with Crippen LogP contribution in [0.5, 0.6) is 0 Å². The Kier molecular flexibility index (Phi) is 8.92. The van der Waals surface area contributed by atoms with Crippen LogP contribution in [0.2, 0.25) is 0 Å². The number of carboxylic acids is 3. The van der Waals surface area contributed by atoms with Gasteiger partial charge in [-0.05, 0) is 12.8 Å². The molecule has 2 atom stereocenters. The van der Waals surface area contributed by atoms with Crippen molar-refractivity contribution < 1.29 is 39.3 Å². The predicted molar refractivity (Wildman–Crippen MR) is 74.3 cm³/mol. The first-order valence-electron chi connectivity index (χ1n) is 6.62. The van der Waals surface area contributed by atoms with Crippen LogP contribution in [-0.2, 0) is 24.0 Å². The van der Waals surface area contributed by atoms with Crippen molar-refractivity contribution in [2.24, 2.45) is 5.73 Å². The van der Waals surface area contributed by atoms with E-state index in [-0.39, 0.29) is 19.3 Å². The highest BCUT2D eigenvalue weighted by Gasteiger charge is 2.25. The maximum atomic E-state index is 11.8. The minimum Gasteiger partial charge on any atom is -0.481 e. The number of hydrogen-bond acceptors (Lipinski definition) is 6. The molecule has 0 aliphatic heterocycles. The summed E-state index contributed by atoms with van der Waals surface area (Å²) < 4.78 is 0. The Morgan fingerprint density at radius 2 is 1.35 bits per heavy atom. The van der Waals surface area contributed by atoms with Gasteiger partial charge in [-0.3, -0.25) is 24.0 Å². The lowest BCUT2D eigenvalue weighted by molar-refractivity contribution is -0.140. The zero-order chi connectivity index (χ0) is 18.0. The summed E-state index contributed by atoms with van der Waals surface area (Å²) in [6, 6.07) is -2.47. The summed E-state index contributed by atoms with van der Waals surface area (Å²) in [5.74, 6) is -5.35. The quantitative estimate of drug-likeness (QED) is 0.241. The van der Waals surface area contributed by atoms with Gasteiger partial charge in [0.05, 0.1) is 6.04 Å². The van der Waals surface area contributed by atoms with Crippen molar-refractivity contribution in [1.29, 1.82) is 0 Å². The summed E-state index contributed by atoms with van der Waals surface area (Å²) in [6.07, 6.45) is -1.21. The van der Waals surface area contributed by atoms with Gasteiger partial charge in [0, 0.05) is 12.8 Å². The highest BCUT2D eigenvalue weighted by Crippen LogP contribution is 2.01. The van der Waals surface area contributed by atoms with Crippen molar-refractivity contribution in [3.63, 3.8) is 0 Å². The Labute approximate surface area is 130 Å². The molecule has 0 spiro atoms. The summed E-state index contributed by atoms with van der Waals surface area (Å²) >= 11 is 0. The van der Waals surface area contributed by atoms with Crippen molar-refractivity contribution in [3.8, 4) is 0 Å². The topological polar surface area (TPSA) is 196 Å². The van der Waals surface area contributed by atoms with Crippen molar-refractivity contribution in [2.45, 2.75) is 37.8 Å². The van der Waals surface area contributed by atoms with Gasteiger partial charge in [0.25, 0.3) is 0 Å². The average Bonchev–Trinajstić information content (AvgIpc) is 2.45. The maximum Gasteiger partial charge on any atom is 0.322 e. The molecule has 2 amide bonds. The van der Waals surface area contributed by atoms with Gasteiger partial charge in [-0.2, -0.15) is 0 Å². The van der Waals surface area contributed by atoms with E-state index in [9.17, 15) is 24.0 Å². The smallest absolute Gasteiger partial charge is 0.322 e. The lowest BCUT2D eigenvalue weighted by atomic mass is 10.1. The minimum atomic E-state index is -1.31. The zero-order valence-electron chi connectivity index (χ0n) is 12.2. The molecule has 0 fully saturated rings. The van der Waals surface area contributed by atoms with Gasteiger partial charge in [-0.1, -0.05) is 0 Å². The van der Waals surface area contributed by atoms with Gasteiger partial charge in [0.2, 0.25) is 11.8 Å². The maximum absolute atomic E-state index is 11.8. The third-order valence-corrected chi connectivity index (χ3v) is 2.70. The van der Waals surface area contributed by atoms with E-state index in [1.807, 2.05) is 5.32 Å². The van der Waals surface area contributed by atoms with E-state index >= 15 is 0 Å². The third kappa shape index (κ3) is 9.79. The molecule has 11 heteroatoms. The minimum absolute atomic E-state index is 0.163. The van der Waals surface area contributed by atoms with Crippen LogP contribution in [0.3, 0.4) is 0 Å². The zero-order valence-corrected chi connectivity index (χ0v) is 12.2. The molecule has 0 aromatic heterocycles. The monoisotopic (exact) mass is 333 g/mol. The number of amides is 2. The summed E-state index contributed by atoms with van der Waals surface area (Å²) in [5, 5.41) is 29.8. The fourth-order valence-electron chi connectivity index (χ4n) is 1.51. The molecule has 0 rings (SSSR count). The van der Waals surface area contributed by atoms with Crippen molar-refractivity contribution in [2.75, 3.05) is 6.54 Å². The normalized spacial score (nSPS) is 12.7. The molecule has 23 heavy (non-hydrogen) atoms. The fraction of sp³-hybridized carbons (Fsp3) is 0.583. The molecule has 0 heterocycles. The molecule has 0 radical (unpaired) electrons. The average molecular weight is 333 g/mol. The van der Waals surface area contributed by atoms with Crippen LogP contribution < -0.4 is 16.4 Å². The van der Waals surface area contributed by atoms with Gasteiger partial charge in [-0.15, -0.1) is 0 Å². The van der Waals surface area contributed by atoms with Crippen molar-refractivity contribution in [3.05, 3.63) is 0 Å². The lowest BCUT2D eigenvalue weighted by Gasteiger charge is -2.19. The van der Waals surface area contributed by atoms with Crippen LogP contribution in [0, 0.1) is 0 Å². The molecule has 0 aromatic carbocycles. The second-order valence-corrected chi connectivity index (χ2v) is 4.64. The van der Waals surface area contributed by atoms with Crippen LogP contribution in [0.1, 0.15) is 25.7 Å². The van der Waals surface area contributed by atoms with Gasteiger partial charge in [0.1, 0.15) is 12.6 Å². The molecule has 11 nitrogen and oxygen atoms in total. The Bertz CT molecular complexity index is 479. The summed E-state index contributed by atoms with van der Waals surface area (Å²) in [5.41, 5.74) is 5.47. The van der Waals surface area contributed by atoms with Crippen LogP contribution >= 0.6 is 0 Å². The molecule has 0 aromatic rings. The number of carbonyl (C=O) groups excluding carboxylic acids is 2. The van der Waals surface area contributed by atoms with Crippen LogP contribution in [0.4, 0.5) is 0 Å². The number of carbonyl (C=O) groups is 5. The summed E-state index contributed by atoms with van der Waals surface area (Å²) in [4.78, 5) is 54.9. The summed E-state index contributed by atoms with van der Waals surface area (Å²) in [6.45, 7) is -0.691. The molecule has 7 N–H and O–H groups in total. The van der Waals surface area contributed by atoms with Crippen LogP contribution in [-0.4, -0.2) is 63.7 Å². The van der Waals surface area contributed by atoms with Gasteiger partial charge >= 0.3 is 17.9 Å². The van der Waals surface area contributed by atoms with Gasteiger partial charge in [0.15, 0.2) is 0 Å². The predicted octanol–water partition coefficient (Wildman–Crippen LogP) is -2.27. The fourth-order valence-corrected chi connectivity index (χ4v) is 1.51. The Morgan fingerprint density at radius 3 is 1.83 bits per heavy atom. The molecule has 0 saturated heterocycles. The Hall–Kier alpha value is -2.69. The Morgan fingerprint density at radius 1 is 0.826 bits per heavy atom. The van der Waals surface area contributed by atoms with Gasteiger partial charge in [-0.25, -0.2) is 0 Å². The van der Waals surface area contributed by atoms with Crippen molar-refractivity contribution in [1.82, 2.24) is 10.6 Å². The SMILES string of the molecule is NC(CCC(=O)O)C(=O)NC(CCC(=O)O)C(=O)NCC(=O)O. The Balaban J connectivity index is 4.68. The van der Waals surface area contributed by atoms with E-state index in [1.165, 1.54) is 0 Å². The van der Waals surface area contributed by atoms with Crippen molar-refractivity contribution >= 4 is 29.7 Å². The molecular weight excluding hydrogens is 314 g/mol. The first kappa shape index (κ1) is 20.3. The van der Waals surface area contributed by atoms with E-state index in [4.69, 9.17) is 21.1 Å². The molecule has 130 valence electrons. The first-order valence-corrected chi connectivity index (χ1v) is 6.62. The number of rotatable bonds is 11. The van der Waals surface area contributed by atoms with Crippen LogP contribution in [0.25, 0.3) is 0 Å². The van der Waals surface area contributed by atoms with Gasteiger partial charge < -0.3 is 31.7 Å². The molecule has 2 unspecified atom stereocenters.